The molecule has 0 radical (unpaired) electrons. The molecule has 0 aromatic carbocycles. The van der Waals surface area contributed by atoms with Gasteiger partial charge >= 0.3 is 0 Å². The number of hydrogen-bond donors (Lipinski definition) is 1. The standard InChI is InChI=1S/C16H34N2/c1-5-11-17-16-10-9-14(6-2)12-15(16)13-18(7-3)8-4/h14-17H,5-13H2,1-4H3. The monoisotopic (exact) mass is 254 g/mol. The molecule has 1 rings (SSSR count). The second-order valence-corrected chi connectivity index (χ2v) is 5.89. The highest BCUT2D eigenvalue weighted by molar-refractivity contribution is 4.86. The van der Waals surface area contributed by atoms with Crippen molar-refractivity contribution in [3.8, 4) is 0 Å². The Kier molecular flexibility index (Phi) is 7.92. The summed E-state index contributed by atoms with van der Waals surface area (Å²) in [7, 11) is 0. The highest BCUT2D eigenvalue weighted by Crippen LogP contribution is 2.32. The van der Waals surface area contributed by atoms with E-state index in [0.29, 0.717) is 0 Å². The van der Waals surface area contributed by atoms with Gasteiger partial charge in [-0.1, -0.05) is 34.1 Å². The van der Waals surface area contributed by atoms with E-state index < -0.39 is 0 Å². The molecule has 0 aromatic rings. The summed E-state index contributed by atoms with van der Waals surface area (Å²) in [5, 5.41) is 3.79. The molecule has 0 bridgehead atoms. The lowest BCUT2D eigenvalue weighted by Crippen LogP contribution is -2.46. The van der Waals surface area contributed by atoms with Gasteiger partial charge in [0.25, 0.3) is 0 Å². The Bertz CT molecular complexity index is 201. The van der Waals surface area contributed by atoms with Gasteiger partial charge in [-0.05, 0) is 57.2 Å². The second-order valence-electron chi connectivity index (χ2n) is 5.89. The van der Waals surface area contributed by atoms with Gasteiger partial charge in [-0.15, -0.1) is 0 Å². The lowest BCUT2D eigenvalue weighted by atomic mass is 9.76. The van der Waals surface area contributed by atoms with E-state index in [1.807, 2.05) is 0 Å². The molecule has 3 atom stereocenters. The maximum atomic E-state index is 3.79. The van der Waals surface area contributed by atoms with Gasteiger partial charge in [0, 0.05) is 12.6 Å². The predicted molar refractivity (Wildman–Crippen MR) is 81.0 cm³/mol. The minimum absolute atomic E-state index is 0.772. The van der Waals surface area contributed by atoms with Crippen molar-refractivity contribution >= 4 is 0 Å². The number of hydrogen-bond acceptors (Lipinski definition) is 2. The van der Waals surface area contributed by atoms with Crippen LogP contribution in [0, 0.1) is 11.8 Å². The lowest BCUT2D eigenvalue weighted by Gasteiger charge is -2.39. The molecule has 1 saturated carbocycles. The highest BCUT2D eigenvalue weighted by Gasteiger charge is 2.30. The van der Waals surface area contributed by atoms with Crippen LogP contribution in [0.5, 0.6) is 0 Å². The average molecular weight is 254 g/mol. The smallest absolute Gasteiger partial charge is 0.0108 e. The summed E-state index contributed by atoms with van der Waals surface area (Å²) in [5.41, 5.74) is 0. The van der Waals surface area contributed by atoms with Gasteiger partial charge in [0.05, 0.1) is 0 Å². The molecular weight excluding hydrogens is 220 g/mol. The van der Waals surface area contributed by atoms with Crippen molar-refractivity contribution in [2.24, 2.45) is 11.8 Å². The van der Waals surface area contributed by atoms with Crippen molar-refractivity contribution in [2.45, 2.75) is 65.8 Å². The van der Waals surface area contributed by atoms with E-state index in [9.17, 15) is 0 Å². The molecule has 0 aliphatic heterocycles. The van der Waals surface area contributed by atoms with Crippen molar-refractivity contribution in [3.63, 3.8) is 0 Å². The van der Waals surface area contributed by atoms with Crippen LogP contribution in [0.3, 0.4) is 0 Å². The zero-order chi connectivity index (χ0) is 13.4. The van der Waals surface area contributed by atoms with E-state index >= 15 is 0 Å². The first-order chi connectivity index (χ1) is 8.74. The van der Waals surface area contributed by atoms with Gasteiger partial charge in [-0.3, -0.25) is 0 Å². The van der Waals surface area contributed by atoms with Crippen LogP contribution in [0.25, 0.3) is 0 Å². The van der Waals surface area contributed by atoms with Crippen LogP contribution >= 0.6 is 0 Å². The van der Waals surface area contributed by atoms with Crippen molar-refractivity contribution in [3.05, 3.63) is 0 Å². The van der Waals surface area contributed by atoms with Gasteiger partial charge in [0.2, 0.25) is 0 Å². The molecule has 0 amide bonds. The maximum Gasteiger partial charge on any atom is 0.0108 e. The summed E-state index contributed by atoms with van der Waals surface area (Å²) in [4.78, 5) is 2.60. The van der Waals surface area contributed by atoms with Crippen molar-refractivity contribution < 1.29 is 0 Å². The fourth-order valence-electron chi connectivity index (χ4n) is 3.35. The number of nitrogens with zero attached hydrogens (tertiary/aromatic N) is 1. The third kappa shape index (κ3) is 4.89. The third-order valence-electron chi connectivity index (χ3n) is 4.71. The molecule has 1 aliphatic rings. The first kappa shape index (κ1) is 16.0. The van der Waals surface area contributed by atoms with Gasteiger partial charge in [0.15, 0.2) is 0 Å². The fourth-order valence-corrected chi connectivity index (χ4v) is 3.35. The fraction of sp³-hybridized carbons (Fsp3) is 1.00. The molecule has 108 valence electrons. The van der Waals surface area contributed by atoms with E-state index in [0.717, 1.165) is 17.9 Å². The SMILES string of the molecule is CCCNC1CCC(CC)CC1CN(CC)CC. The zero-order valence-electron chi connectivity index (χ0n) is 13.0. The first-order valence-electron chi connectivity index (χ1n) is 8.20. The largest absolute Gasteiger partial charge is 0.314 e. The van der Waals surface area contributed by atoms with E-state index in [1.165, 1.54) is 58.3 Å². The zero-order valence-corrected chi connectivity index (χ0v) is 13.0. The Hall–Kier alpha value is -0.0800. The van der Waals surface area contributed by atoms with Crippen LogP contribution in [0.15, 0.2) is 0 Å². The molecule has 1 aliphatic carbocycles. The van der Waals surface area contributed by atoms with Crippen LogP contribution in [0.2, 0.25) is 0 Å². The summed E-state index contributed by atoms with van der Waals surface area (Å²) < 4.78 is 0. The third-order valence-corrected chi connectivity index (χ3v) is 4.71. The van der Waals surface area contributed by atoms with E-state index in [-0.39, 0.29) is 0 Å². The average Bonchev–Trinajstić information content (AvgIpc) is 2.42. The van der Waals surface area contributed by atoms with Gasteiger partial charge in [0.1, 0.15) is 0 Å². The Balaban J connectivity index is 2.52. The topological polar surface area (TPSA) is 15.3 Å². The van der Waals surface area contributed by atoms with Crippen molar-refractivity contribution in [1.29, 1.82) is 0 Å². The maximum absolute atomic E-state index is 3.79. The molecule has 2 nitrogen and oxygen atoms in total. The quantitative estimate of drug-likeness (QED) is 0.713. The van der Waals surface area contributed by atoms with E-state index in [2.05, 4.69) is 37.9 Å². The summed E-state index contributed by atoms with van der Waals surface area (Å²) in [6.07, 6.45) is 6.90. The van der Waals surface area contributed by atoms with Crippen molar-refractivity contribution in [1.82, 2.24) is 10.2 Å². The minimum atomic E-state index is 0.772. The van der Waals surface area contributed by atoms with Crippen LogP contribution < -0.4 is 5.32 Å². The van der Waals surface area contributed by atoms with Crippen LogP contribution in [0.4, 0.5) is 0 Å². The summed E-state index contributed by atoms with van der Waals surface area (Å²) in [6.45, 7) is 14.1. The van der Waals surface area contributed by atoms with Crippen molar-refractivity contribution in [2.75, 3.05) is 26.2 Å². The van der Waals surface area contributed by atoms with Gasteiger partial charge in [-0.25, -0.2) is 0 Å². The van der Waals surface area contributed by atoms with Gasteiger partial charge < -0.3 is 10.2 Å². The second kappa shape index (κ2) is 8.92. The first-order valence-corrected chi connectivity index (χ1v) is 8.20. The molecule has 18 heavy (non-hydrogen) atoms. The normalized spacial score (nSPS) is 28.8. The number of nitrogens with one attached hydrogen (secondary N) is 1. The molecule has 0 spiro atoms. The van der Waals surface area contributed by atoms with Crippen LogP contribution in [-0.4, -0.2) is 37.1 Å². The Morgan fingerprint density at radius 1 is 1.06 bits per heavy atom. The molecule has 0 aromatic heterocycles. The van der Waals surface area contributed by atoms with E-state index in [4.69, 9.17) is 0 Å². The predicted octanol–water partition coefficient (Wildman–Crippen LogP) is 3.52. The Morgan fingerprint density at radius 2 is 1.78 bits per heavy atom. The molecule has 3 unspecified atom stereocenters. The molecule has 0 saturated heterocycles. The lowest BCUT2D eigenvalue weighted by molar-refractivity contribution is 0.144. The summed E-state index contributed by atoms with van der Waals surface area (Å²) >= 11 is 0. The molecule has 2 heteroatoms. The number of rotatable bonds is 8. The minimum Gasteiger partial charge on any atom is -0.314 e. The molecule has 1 fully saturated rings. The summed E-state index contributed by atoms with van der Waals surface area (Å²) in [5.74, 6) is 1.85. The van der Waals surface area contributed by atoms with Crippen LogP contribution in [-0.2, 0) is 0 Å². The van der Waals surface area contributed by atoms with Gasteiger partial charge in [-0.2, -0.15) is 0 Å². The molecule has 1 N–H and O–H groups in total. The molecular formula is C16H34N2. The Morgan fingerprint density at radius 3 is 2.33 bits per heavy atom. The van der Waals surface area contributed by atoms with Crippen LogP contribution in [0.1, 0.15) is 59.8 Å². The highest BCUT2D eigenvalue weighted by atomic mass is 15.1. The Labute approximate surface area is 115 Å². The van der Waals surface area contributed by atoms with E-state index in [1.54, 1.807) is 0 Å². The molecule has 0 heterocycles. The summed E-state index contributed by atoms with van der Waals surface area (Å²) in [6, 6.07) is 0.772.